The van der Waals surface area contributed by atoms with E-state index < -0.39 is 0 Å². The van der Waals surface area contributed by atoms with Gasteiger partial charge in [-0.1, -0.05) is 23.7 Å². The zero-order chi connectivity index (χ0) is 18.7. The Kier molecular flexibility index (Phi) is 5.69. The number of rotatable bonds is 4. The first-order chi connectivity index (χ1) is 12.5. The highest BCUT2D eigenvalue weighted by Gasteiger charge is 2.31. The molecule has 1 aliphatic rings. The first-order valence-corrected chi connectivity index (χ1v) is 9.08. The fraction of sp³-hybridized carbons (Fsp3) is 0.350. The molecule has 1 aliphatic heterocycles. The minimum atomic E-state index is -0.328. The smallest absolute Gasteiger partial charge is 0.244 e. The minimum Gasteiger partial charge on any atom is -0.508 e. The summed E-state index contributed by atoms with van der Waals surface area (Å²) in [6, 6.07) is 14.5. The first kappa shape index (κ1) is 18.5. The highest BCUT2D eigenvalue weighted by Crippen LogP contribution is 2.28. The van der Waals surface area contributed by atoms with Gasteiger partial charge in [-0.25, -0.2) is 0 Å². The van der Waals surface area contributed by atoms with Crippen molar-refractivity contribution in [2.75, 3.05) is 45.2 Å². The molecule has 1 unspecified atom stereocenters. The lowest BCUT2D eigenvalue weighted by Gasteiger charge is -2.40. The lowest BCUT2D eigenvalue weighted by Crippen LogP contribution is -2.51. The molecule has 3 rings (SSSR count). The number of amides is 1. The fourth-order valence-electron chi connectivity index (χ4n) is 3.33. The number of phenolic OH excluding ortho intramolecular Hbond substituents is 1. The molecule has 0 radical (unpaired) electrons. The molecule has 6 heteroatoms. The second-order valence-electron chi connectivity index (χ2n) is 6.73. The van der Waals surface area contributed by atoms with Crippen molar-refractivity contribution in [3.05, 3.63) is 59.1 Å². The summed E-state index contributed by atoms with van der Waals surface area (Å²) in [4.78, 5) is 19.0. The molecule has 1 atom stereocenters. The highest BCUT2D eigenvalue weighted by molar-refractivity contribution is 6.30. The second kappa shape index (κ2) is 7.98. The number of likely N-dealkylation sites (N-methyl/N-ethyl adjacent to an activating group) is 1. The summed E-state index contributed by atoms with van der Waals surface area (Å²) in [6.07, 6.45) is 0. The summed E-state index contributed by atoms with van der Waals surface area (Å²) in [5.74, 6) is 0.329. The SMILES string of the molecule is CN(C)C(=O)C(c1cccc(Cl)c1)N1CCN(c2ccc(O)cc2)CC1. The molecule has 0 bridgehead atoms. The van der Waals surface area contributed by atoms with Crippen molar-refractivity contribution in [2.24, 2.45) is 0 Å². The van der Waals surface area contributed by atoms with E-state index in [4.69, 9.17) is 11.6 Å². The van der Waals surface area contributed by atoms with Gasteiger partial charge in [0.25, 0.3) is 0 Å². The van der Waals surface area contributed by atoms with Crippen molar-refractivity contribution in [1.29, 1.82) is 0 Å². The molecule has 0 aliphatic carbocycles. The number of hydrogen-bond donors (Lipinski definition) is 1. The van der Waals surface area contributed by atoms with Gasteiger partial charge < -0.3 is 14.9 Å². The monoisotopic (exact) mass is 373 g/mol. The molecule has 1 heterocycles. The van der Waals surface area contributed by atoms with E-state index in [0.29, 0.717) is 5.02 Å². The maximum atomic E-state index is 12.8. The van der Waals surface area contributed by atoms with Gasteiger partial charge in [-0.15, -0.1) is 0 Å². The van der Waals surface area contributed by atoms with E-state index in [-0.39, 0.29) is 17.7 Å². The number of halogens is 1. The van der Waals surface area contributed by atoms with Crippen LogP contribution in [-0.2, 0) is 4.79 Å². The lowest BCUT2D eigenvalue weighted by atomic mass is 10.0. The molecule has 138 valence electrons. The van der Waals surface area contributed by atoms with Crippen LogP contribution in [-0.4, -0.2) is 61.1 Å². The van der Waals surface area contributed by atoms with Gasteiger partial charge in [-0.3, -0.25) is 9.69 Å². The van der Waals surface area contributed by atoms with Gasteiger partial charge in [0.1, 0.15) is 11.8 Å². The Hall–Kier alpha value is -2.24. The van der Waals surface area contributed by atoms with Gasteiger partial charge in [-0.2, -0.15) is 0 Å². The normalized spacial score (nSPS) is 16.3. The summed E-state index contributed by atoms with van der Waals surface area (Å²) >= 11 is 6.16. The predicted molar refractivity (Wildman–Crippen MR) is 105 cm³/mol. The lowest BCUT2D eigenvalue weighted by molar-refractivity contribution is -0.134. The molecule has 0 saturated carbocycles. The maximum Gasteiger partial charge on any atom is 0.244 e. The van der Waals surface area contributed by atoms with Crippen LogP contribution in [0.1, 0.15) is 11.6 Å². The molecule has 1 N–H and O–H groups in total. The van der Waals surface area contributed by atoms with Gasteiger partial charge in [0.05, 0.1) is 0 Å². The van der Waals surface area contributed by atoms with Crippen molar-refractivity contribution < 1.29 is 9.90 Å². The number of hydrogen-bond acceptors (Lipinski definition) is 4. The van der Waals surface area contributed by atoms with Gasteiger partial charge in [0, 0.05) is 51.0 Å². The van der Waals surface area contributed by atoms with E-state index in [1.165, 1.54) is 0 Å². The Labute approximate surface area is 159 Å². The van der Waals surface area contributed by atoms with Crippen LogP contribution in [0.2, 0.25) is 5.02 Å². The zero-order valence-electron chi connectivity index (χ0n) is 15.1. The summed E-state index contributed by atoms with van der Waals surface area (Å²) in [5.41, 5.74) is 2.01. The van der Waals surface area contributed by atoms with E-state index in [0.717, 1.165) is 37.4 Å². The van der Waals surface area contributed by atoms with Crippen LogP contribution in [0.15, 0.2) is 48.5 Å². The fourth-order valence-corrected chi connectivity index (χ4v) is 3.53. The molecular weight excluding hydrogens is 350 g/mol. The van der Waals surface area contributed by atoms with Crippen LogP contribution in [0.3, 0.4) is 0 Å². The predicted octanol–water partition coefficient (Wildman–Crippen LogP) is 3.00. The molecule has 1 amide bonds. The van der Waals surface area contributed by atoms with Crippen molar-refractivity contribution >= 4 is 23.2 Å². The van der Waals surface area contributed by atoms with Crippen molar-refractivity contribution in [3.8, 4) is 5.75 Å². The van der Waals surface area contributed by atoms with E-state index in [1.54, 1.807) is 31.1 Å². The number of piperazine rings is 1. The molecule has 1 fully saturated rings. The number of carbonyl (C=O) groups excluding carboxylic acids is 1. The van der Waals surface area contributed by atoms with Crippen molar-refractivity contribution in [1.82, 2.24) is 9.80 Å². The van der Waals surface area contributed by atoms with Crippen molar-refractivity contribution in [2.45, 2.75) is 6.04 Å². The zero-order valence-corrected chi connectivity index (χ0v) is 15.9. The molecular formula is C20H24ClN3O2. The summed E-state index contributed by atoms with van der Waals surface area (Å²) in [5, 5.41) is 10.1. The average Bonchev–Trinajstić information content (AvgIpc) is 2.63. The Morgan fingerprint density at radius 1 is 1.08 bits per heavy atom. The van der Waals surface area contributed by atoms with E-state index >= 15 is 0 Å². The van der Waals surface area contributed by atoms with Gasteiger partial charge in [0.2, 0.25) is 5.91 Å². The Bertz CT molecular complexity index is 756. The average molecular weight is 374 g/mol. The van der Waals surface area contributed by atoms with Crippen LogP contribution in [0.25, 0.3) is 0 Å². The standard InChI is InChI=1S/C20H24ClN3O2/c1-22(2)20(26)19(15-4-3-5-16(21)14-15)24-12-10-23(11-13-24)17-6-8-18(25)9-7-17/h3-9,14,19,25H,10-13H2,1-2H3. The summed E-state index contributed by atoms with van der Waals surface area (Å²) in [7, 11) is 3.57. The third kappa shape index (κ3) is 4.11. The summed E-state index contributed by atoms with van der Waals surface area (Å²) in [6.45, 7) is 3.19. The Morgan fingerprint density at radius 3 is 2.31 bits per heavy atom. The summed E-state index contributed by atoms with van der Waals surface area (Å²) < 4.78 is 0. The molecule has 5 nitrogen and oxygen atoms in total. The number of carbonyl (C=O) groups is 1. The first-order valence-electron chi connectivity index (χ1n) is 8.70. The quantitative estimate of drug-likeness (QED) is 0.895. The second-order valence-corrected chi connectivity index (χ2v) is 7.17. The van der Waals surface area contributed by atoms with E-state index in [2.05, 4.69) is 9.80 Å². The van der Waals surface area contributed by atoms with Crippen molar-refractivity contribution in [3.63, 3.8) is 0 Å². The van der Waals surface area contributed by atoms with Crippen LogP contribution < -0.4 is 4.90 Å². The van der Waals surface area contributed by atoms with Gasteiger partial charge in [-0.05, 0) is 42.0 Å². The van der Waals surface area contributed by atoms with Crippen LogP contribution in [0.4, 0.5) is 5.69 Å². The van der Waals surface area contributed by atoms with Crippen LogP contribution in [0.5, 0.6) is 5.75 Å². The number of nitrogens with zero attached hydrogens (tertiary/aromatic N) is 3. The number of phenols is 1. The van der Waals surface area contributed by atoms with E-state index in [1.807, 2.05) is 36.4 Å². The topological polar surface area (TPSA) is 47.0 Å². The number of benzene rings is 2. The largest absolute Gasteiger partial charge is 0.508 e. The highest BCUT2D eigenvalue weighted by atomic mass is 35.5. The van der Waals surface area contributed by atoms with Gasteiger partial charge >= 0.3 is 0 Å². The molecule has 0 aromatic heterocycles. The number of aromatic hydroxyl groups is 1. The van der Waals surface area contributed by atoms with E-state index in [9.17, 15) is 9.90 Å². The maximum absolute atomic E-state index is 12.8. The van der Waals surface area contributed by atoms with Crippen LogP contribution in [0, 0.1) is 0 Å². The third-order valence-corrected chi connectivity index (χ3v) is 4.97. The molecule has 2 aromatic carbocycles. The Morgan fingerprint density at radius 2 is 1.73 bits per heavy atom. The third-order valence-electron chi connectivity index (χ3n) is 4.73. The molecule has 0 spiro atoms. The Balaban J connectivity index is 1.77. The van der Waals surface area contributed by atoms with Crippen LogP contribution >= 0.6 is 11.6 Å². The molecule has 26 heavy (non-hydrogen) atoms. The molecule has 2 aromatic rings. The van der Waals surface area contributed by atoms with Gasteiger partial charge in [0.15, 0.2) is 0 Å². The number of anilines is 1. The minimum absolute atomic E-state index is 0.0605. The molecule has 1 saturated heterocycles.